The van der Waals surface area contributed by atoms with E-state index in [0.717, 1.165) is 50.0 Å². The summed E-state index contributed by atoms with van der Waals surface area (Å²) in [5.74, 6) is 0.187. The van der Waals surface area contributed by atoms with Gasteiger partial charge in [-0.3, -0.25) is 4.79 Å². The number of aryl methyl sites for hydroxylation is 1. The van der Waals surface area contributed by atoms with E-state index in [1.54, 1.807) is 0 Å². The molecule has 0 atom stereocenters. The largest absolute Gasteiger partial charge is 0.493 e. The second kappa shape index (κ2) is 8.03. The molecule has 0 saturated heterocycles. The highest BCUT2D eigenvalue weighted by atomic mass is 16.5. The number of hydrogen-bond acceptors (Lipinski definition) is 3. The molecule has 1 aliphatic rings. The van der Waals surface area contributed by atoms with E-state index in [-0.39, 0.29) is 5.92 Å². The number of hydrogen-bond donors (Lipinski definition) is 2. The van der Waals surface area contributed by atoms with Crippen LogP contribution in [0.25, 0.3) is 0 Å². The van der Waals surface area contributed by atoms with Crippen LogP contribution >= 0.6 is 0 Å². The summed E-state index contributed by atoms with van der Waals surface area (Å²) in [6.07, 6.45) is 4.50. The number of carboxylic acid groups (broad SMARTS) is 1. The Bertz CT molecular complexity index is 453. The Morgan fingerprint density at radius 2 is 2.00 bits per heavy atom. The van der Waals surface area contributed by atoms with Crippen LogP contribution in [0.5, 0.6) is 5.75 Å². The number of para-hydroxylation sites is 1. The van der Waals surface area contributed by atoms with Crippen LogP contribution in [0.4, 0.5) is 0 Å². The highest BCUT2D eigenvalue weighted by Gasteiger charge is 2.25. The molecule has 0 spiro atoms. The van der Waals surface area contributed by atoms with Gasteiger partial charge in [-0.1, -0.05) is 18.2 Å². The summed E-state index contributed by atoms with van der Waals surface area (Å²) in [7, 11) is 0. The van der Waals surface area contributed by atoms with E-state index < -0.39 is 5.97 Å². The Balaban J connectivity index is 1.57. The van der Waals surface area contributed by atoms with Crippen molar-refractivity contribution in [2.75, 3.05) is 13.2 Å². The summed E-state index contributed by atoms with van der Waals surface area (Å²) in [6, 6.07) is 8.52. The topological polar surface area (TPSA) is 58.6 Å². The molecule has 1 aromatic carbocycles. The SMILES string of the molecule is Cc1ccccc1OCCCNC1CCC(C(=O)O)CC1. The number of aliphatic carboxylic acids is 1. The van der Waals surface area contributed by atoms with E-state index in [4.69, 9.17) is 9.84 Å². The van der Waals surface area contributed by atoms with Gasteiger partial charge in [-0.05, 0) is 57.2 Å². The molecule has 4 nitrogen and oxygen atoms in total. The van der Waals surface area contributed by atoms with Crippen molar-refractivity contribution < 1.29 is 14.6 Å². The van der Waals surface area contributed by atoms with Crippen LogP contribution in [0.2, 0.25) is 0 Å². The van der Waals surface area contributed by atoms with E-state index in [1.807, 2.05) is 18.2 Å². The third kappa shape index (κ3) is 5.05. The van der Waals surface area contributed by atoms with Crippen LogP contribution in [0.3, 0.4) is 0 Å². The molecule has 2 rings (SSSR count). The molecule has 4 heteroatoms. The molecule has 2 N–H and O–H groups in total. The van der Waals surface area contributed by atoms with Crippen LogP contribution < -0.4 is 10.1 Å². The summed E-state index contributed by atoms with van der Waals surface area (Å²) in [5.41, 5.74) is 1.16. The quantitative estimate of drug-likeness (QED) is 0.758. The van der Waals surface area contributed by atoms with Crippen molar-refractivity contribution >= 4 is 5.97 Å². The maximum Gasteiger partial charge on any atom is 0.306 e. The van der Waals surface area contributed by atoms with E-state index in [9.17, 15) is 4.79 Å². The van der Waals surface area contributed by atoms with Crippen LogP contribution in [-0.4, -0.2) is 30.3 Å². The van der Waals surface area contributed by atoms with Gasteiger partial charge in [0.1, 0.15) is 5.75 Å². The van der Waals surface area contributed by atoms with Gasteiger partial charge in [-0.2, -0.15) is 0 Å². The Hall–Kier alpha value is -1.55. The van der Waals surface area contributed by atoms with Gasteiger partial charge in [-0.25, -0.2) is 0 Å². The van der Waals surface area contributed by atoms with Gasteiger partial charge in [0.2, 0.25) is 0 Å². The molecule has 116 valence electrons. The van der Waals surface area contributed by atoms with Crippen LogP contribution in [0.15, 0.2) is 24.3 Å². The lowest BCUT2D eigenvalue weighted by Gasteiger charge is -2.26. The van der Waals surface area contributed by atoms with Gasteiger partial charge in [-0.15, -0.1) is 0 Å². The molecule has 1 aromatic rings. The average molecular weight is 291 g/mol. The Labute approximate surface area is 126 Å². The molecule has 0 aromatic heterocycles. The smallest absolute Gasteiger partial charge is 0.306 e. The summed E-state index contributed by atoms with van der Waals surface area (Å²) in [5, 5.41) is 12.5. The van der Waals surface area contributed by atoms with E-state index in [0.29, 0.717) is 12.6 Å². The van der Waals surface area contributed by atoms with Gasteiger partial charge in [0.05, 0.1) is 12.5 Å². The van der Waals surface area contributed by atoms with Gasteiger partial charge in [0, 0.05) is 6.04 Å². The molecule has 0 amide bonds. The summed E-state index contributed by atoms with van der Waals surface area (Å²) < 4.78 is 5.76. The minimum atomic E-state index is -0.639. The third-order valence-corrected chi connectivity index (χ3v) is 4.18. The van der Waals surface area contributed by atoms with Crippen molar-refractivity contribution in [3.05, 3.63) is 29.8 Å². The van der Waals surface area contributed by atoms with E-state index in [1.165, 1.54) is 0 Å². The van der Waals surface area contributed by atoms with Crippen LogP contribution in [0.1, 0.15) is 37.7 Å². The van der Waals surface area contributed by atoms with Crippen LogP contribution in [-0.2, 0) is 4.79 Å². The minimum absolute atomic E-state index is 0.132. The first kappa shape index (κ1) is 15.8. The van der Waals surface area contributed by atoms with Gasteiger partial charge >= 0.3 is 5.97 Å². The first-order valence-electron chi connectivity index (χ1n) is 7.81. The molecule has 0 radical (unpaired) electrons. The second-order valence-electron chi connectivity index (χ2n) is 5.81. The lowest BCUT2D eigenvalue weighted by Crippen LogP contribution is -2.35. The number of nitrogens with one attached hydrogen (secondary N) is 1. The summed E-state index contributed by atoms with van der Waals surface area (Å²) >= 11 is 0. The van der Waals surface area contributed by atoms with Crippen molar-refractivity contribution in [3.63, 3.8) is 0 Å². The fraction of sp³-hybridized carbons (Fsp3) is 0.588. The monoisotopic (exact) mass is 291 g/mol. The fourth-order valence-corrected chi connectivity index (χ4v) is 2.82. The zero-order valence-corrected chi connectivity index (χ0v) is 12.7. The molecule has 0 heterocycles. The Morgan fingerprint density at radius 1 is 1.29 bits per heavy atom. The highest BCUT2D eigenvalue weighted by Crippen LogP contribution is 2.24. The van der Waals surface area contributed by atoms with Gasteiger partial charge in [0.15, 0.2) is 0 Å². The molecule has 1 saturated carbocycles. The van der Waals surface area contributed by atoms with Crippen molar-refractivity contribution in [1.29, 1.82) is 0 Å². The Kier molecular flexibility index (Phi) is 6.05. The number of rotatable bonds is 7. The lowest BCUT2D eigenvalue weighted by molar-refractivity contribution is -0.142. The average Bonchev–Trinajstić information content (AvgIpc) is 2.49. The number of carbonyl (C=O) groups is 1. The predicted octanol–water partition coefficient (Wildman–Crippen LogP) is 3.00. The molecular weight excluding hydrogens is 266 g/mol. The molecule has 1 fully saturated rings. The zero-order chi connectivity index (χ0) is 15.1. The fourth-order valence-electron chi connectivity index (χ4n) is 2.82. The molecule has 0 unspecified atom stereocenters. The maximum atomic E-state index is 10.9. The highest BCUT2D eigenvalue weighted by molar-refractivity contribution is 5.70. The molecule has 0 bridgehead atoms. The zero-order valence-electron chi connectivity index (χ0n) is 12.7. The van der Waals surface area contributed by atoms with Gasteiger partial charge < -0.3 is 15.2 Å². The van der Waals surface area contributed by atoms with Crippen molar-refractivity contribution in [3.8, 4) is 5.75 Å². The van der Waals surface area contributed by atoms with Gasteiger partial charge in [0.25, 0.3) is 0 Å². The normalized spacial score (nSPS) is 22.0. The lowest BCUT2D eigenvalue weighted by atomic mass is 9.86. The predicted molar refractivity (Wildman–Crippen MR) is 82.7 cm³/mol. The standard InChI is InChI=1S/C17H25NO3/c1-13-5-2-3-6-16(13)21-12-4-11-18-15-9-7-14(8-10-15)17(19)20/h2-3,5-6,14-15,18H,4,7-12H2,1H3,(H,19,20). The number of ether oxygens (including phenoxy) is 1. The van der Waals surface area contributed by atoms with E-state index >= 15 is 0 Å². The third-order valence-electron chi connectivity index (χ3n) is 4.18. The summed E-state index contributed by atoms with van der Waals surface area (Å²) in [4.78, 5) is 10.9. The molecule has 0 aliphatic heterocycles. The van der Waals surface area contributed by atoms with E-state index in [2.05, 4.69) is 18.3 Å². The first-order chi connectivity index (χ1) is 10.2. The van der Waals surface area contributed by atoms with Crippen molar-refractivity contribution in [1.82, 2.24) is 5.32 Å². The summed E-state index contributed by atoms with van der Waals surface area (Å²) in [6.45, 7) is 3.69. The minimum Gasteiger partial charge on any atom is -0.493 e. The molecule has 21 heavy (non-hydrogen) atoms. The van der Waals surface area contributed by atoms with Crippen molar-refractivity contribution in [2.24, 2.45) is 5.92 Å². The Morgan fingerprint density at radius 3 is 2.67 bits per heavy atom. The van der Waals surface area contributed by atoms with Crippen LogP contribution in [0, 0.1) is 12.8 Å². The first-order valence-corrected chi connectivity index (χ1v) is 7.81. The number of carboxylic acids is 1. The second-order valence-corrected chi connectivity index (χ2v) is 5.81. The number of benzene rings is 1. The molecular formula is C17H25NO3. The van der Waals surface area contributed by atoms with Crippen molar-refractivity contribution in [2.45, 2.75) is 45.1 Å². The maximum absolute atomic E-state index is 10.9. The molecule has 1 aliphatic carbocycles.